The average Bonchev–Trinajstić information content (AvgIpc) is 2.27. The molecule has 88 valence electrons. The molecule has 0 unspecified atom stereocenters. The van der Waals surface area contributed by atoms with Gasteiger partial charge in [-0.15, -0.1) is 0 Å². The summed E-state index contributed by atoms with van der Waals surface area (Å²) in [6.07, 6.45) is 1.08. The van der Waals surface area contributed by atoms with Gasteiger partial charge in [-0.25, -0.2) is 0 Å². The molecule has 2 aromatic carbocycles. The Bertz CT molecular complexity index is 627. The SMILES string of the molecule is O=P(O)(O)/C(O)=C/c1ccc2ccccc2c1. The Morgan fingerprint density at radius 1 is 1.06 bits per heavy atom. The molecule has 0 atom stereocenters. The fraction of sp³-hybridized carbons (Fsp3) is 0. The monoisotopic (exact) mass is 250 g/mol. The van der Waals surface area contributed by atoms with Crippen LogP contribution in [0.2, 0.25) is 0 Å². The number of hydrogen-bond acceptors (Lipinski definition) is 2. The first-order chi connectivity index (χ1) is 7.97. The zero-order chi connectivity index (χ0) is 12.5. The third-order valence-corrected chi connectivity index (χ3v) is 3.09. The van der Waals surface area contributed by atoms with Crippen LogP contribution in [0.15, 0.2) is 48.0 Å². The molecule has 0 saturated carbocycles. The van der Waals surface area contributed by atoms with Gasteiger partial charge in [0.05, 0.1) is 0 Å². The number of rotatable bonds is 2. The van der Waals surface area contributed by atoms with Crippen LogP contribution in [-0.4, -0.2) is 14.9 Å². The highest BCUT2D eigenvalue weighted by Crippen LogP contribution is 2.43. The summed E-state index contributed by atoms with van der Waals surface area (Å²) in [5, 5.41) is 11.2. The highest BCUT2D eigenvalue weighted by atomic mass is 31.2. The third kappa shape index (κ3) is 2.74. The molecule has 5 heteroatoms. The Hall–Kier alpha value is -1.61. The highest BCUT2D eigenvalue weighted by molar-refractivity contribution is 7.56. The number of hydrogen-bond donors (Lipinski definition) is 3. The average molecular weight is 250 g/mol. The molecular formula is C12H11O4P. The maximum atomic E-state index is 10.8. The minimum absolute atomic E-state index is 0.546. The molecule has 0 fully saturated rings. The standard InChI is InChI=1S/C12H11O4P/c13-12(17(14,15)16)8-9-5-6-10-3-1-2-4-11(10)7-9/h1-8,13H,(H2,14,15,16)/b12-8+. The van der Waals surface area contributed by atoms with Gasteiger partial charge in [0.1, 0.15) is 0 Å². The maximum Gasteiger partial charge on any atom is 0.390 e. The van der Waals surface area contributed by atoms with Crippen LogP contribution in [0.3, 0.4) is 0 Å². The van der Waals surface area contributed by atoms with Gasteiger partial charge in [-0.2, -0.15) is 0 Å². The van der Waals surface area contributed by atoms with Crippen molar-refractivity contribution in [1.82, 2.24) is 0 Å². The predicted octanol–water partition coefficient (Wildman–Crippen LogP) is 2.87. The molecule has 0 spiro atoms. The van der Waals surface area contributed by atoms with Gasteiger partial charge in [0, 0.05) is 0 Å². The van der Waals surface area contributed by atoms with E-state index in [2.05, 4.69) is 0 Å². The lowest BCUT2D eigenvalue weighted by Gasteiger charge is -2.03. The molecule has 0 aromatic heterocycles. The first kappa shape index (κ1) is 11.9. The Balaban J connectivity index is 2.48. The van der Waals surface area contributed by atoms with Gasteiger partial charge in [-0.05, 0) is 28.5 Å². The van der Waals surface area contributed by atoms with Gasteiger partial charge in [0.2, 0.25) is 5.50 Å². The van der Waals surface area contributed by atoms with E-state index in [0.29, 0.717) is 5.56 Å². The van der Waals surface area contributed by atoms with Gasteiger partial charge in [0.25, 0.3) is 0 Å². The number of aliphatic hydroxyl groups is 1. The van der Waals surface area contributed by atoms with Crippen molar-refractivity contribution in [1.29, 1.82) is 0 Å². The summed E-state index contributed by atoms with van der Waals surface area (Å²) in [4.78, 5) is 17.5. The second kappa shape index (κ2) is 4.34. The zero-order valence-electron chi connectivity index (χ0n) is 8.82. The van der Waals surface area contributed by atoms with Crippen molar-refractivity contribution in [2.24, 2.45) is 0 Å². The highest BCUT2D eigenvalue weighted by Gasteiger charge is 2.19. The summed E-state index contributed by atoms with van der Waals surface area (Å²) in [6.45, 7) is 0. The molecule has 3 N–H and O–H groups in total. The minimum Gasteiger partial charge on any atom is -0.501 e. The van der Waals surface area contributed by atoms with Crippen LogP contribution in [0.4, 0.5) is 0 Å². The second-order valence-electron chi connectivity index (χ2n) is 3.65. The molecule has 0 heterocycles. The molecule has 2 rings (SSSR count). The molecule has 4 nitrogen and oxygen atoms in total. The normalized spacial score (nSPS) is 12.9. The van der Waals surface area contributed by atoms with Crippen molar-refractivity contribution < 1.29 is 19.5 Å². The Morgan fingerprint density at radius 2 is 1.71 bits per heavy atom. The van der Waals surface area contributed by atoms with Crippen molar-refractivity contribution in [3.05, 3.63) is 53.5 Å². The van der Waals surface area contributed by atoms with E-state index in [-0.39, 0.29) is 0 Å². The molecule has 17 heavy (non-hydrogen) atoms. The van der Waals surface area contributed by atoms with Crippen LogP contribution in [0, 0.1) is 0 Å². The first-order valence-electron chi connectivity index (χ1n) is 4.92. The van der Waals surface area contributed by atoms with E-state index >= 15 is 0 Å². The molecular weight excluding hydrogens is 239 g/mol. The van der Waals surface area contributed by atoms with E-state index in [1.54, 1.807) is 12.1 Å². The lowest BCUT2D eigenvalue weighted by molar-refractivity contribution is 0.339. The lowest BCUT2D eigenvalue weighted by Crippen LogP contribution is -1.84. The topological polar surface area (TPSA) is 77.8 Å². The van der Waals surface area contributed by atoms with Gasteiger partial charge >= 0.3 is 7.60 Å². The summed E-state index contributed by atoms with van der Waals surface area (Å²) in [7, 11) is -4.57. The van der Waals surface area contributed by atoms with E-state index in [0.717, 1.165) is 16.8 Å². The van der Waals surface area contributed by atoms with Gasteiger partial charge in [0.15, 0.2) is 0 Å². The predicted molar refractivity (Wildman–Crippen MR) is 66.6 cm³/mol. The smallest absolute Gasteiger partial charge is 0.390 e. The summed E-state index contributed by atoms with van der Waals surface area (Å²) in [6, 6.07) is 12.9. The maximum absolute atomic E-state index is 10.8. The third-order valence-electron chi connectivity index (χ3n) is 2.37. The minimum atomic E-state index is -4.57. The van der Waals surface area contributed by atoms with Crippen LogP contribution in [0.1, 0.15) is 5.56 Å². The molecule has 0 aliphatic heterocycles. The summed E-state index contributed by atoms with van der Waals surface area (Å²) >= 11 is 0. The number of benzene rings is 2. The van der Waals surface area contributed by atoms with Gasteiger partial charge in [-0.1, -0.05) is 36.4 Å². The molecule has 2 aromatic rings. The Kier molecular flexibility index (Phi) is 3.03. The number of fused-ring (bicyclic) bond motifs is 1. The lowest BCUT2D eigenvalue weighted by atomic mass is 10.1. The van der Waals surface area contributed by atoms with E-state index in [9.17, 15) is 9.67 Å². The zero-order valence-corrected chi connectivity index (χ0v) is 9.71. The molecule has 0 amide bonds. The first-order valence-corrected chi connectivity index (χ1v) is 6.53. The van der Waals surface area contributed by atoms with Crippen LogP contribution in [0.25, 0.3) is 16.8 Å². The second-order valence-corrected chi connectivity index (χ2v) is 5.20. The van der Waals surface area contributed by atoms with E-state index in [1.807, 2.05) is 30.3 Å². The fourth-order valence-electron chi connectivity index (χ4n) is 1.53. The molecule has 0 radical (unpaired) electrons. The largest absolute Gasteiger partial charge is 0.501 e. The van der Waals surface area contributed by atoms with Crippen LogP contribution in [-0.2, 0) is 4.57 Å². The molecule has 0 aliphatic carbocycles. The van der Waals surface area contributed by atoms with Crippen molar-refractivity contribution in [2.75, 3.05) is 0 Å². The Morgan fingerprint density at radius 3 is 2.35 bits per heavy atom. The van der Waals surface area contributed by atoms with E-state index in [1.165, 1.54) is 0 Å². The Labute approximate surface area is 98.0 Å². The van der Waals surface area contributed by atoms with Crippen molar-refractivity contribution in [3.63, 3.8) is 0 Å². The fourth-order valence-corrected chi connectivity index (χ4v) is 1.85. The summed E-state index contributed by atoms with van der Waals surface area (Å²) in [5.74, 6) is 0. The van der Waals surface area contributed by atoms with Gasteiger partial charge in [-0.3, -0.25) is 4.57 Å². The molecule has 0 aliphatic rings. The number of aliphatic hydroxyl groups excluding tert-OH is 1. The molecule has 0 bridgehead atoms. The van der Waals surface area contributed by atoms with Crippen molar-refractivity contribution in [2.45, 2.75) is 0 Å². The van der Waals surface area contributed by atoms with E-state index in [4.69, 9.17) is 9.79 Å². The molecule has 0 saturated heterocycles. The summed E-state index contributed by atoms with van der Waals surface area (Å²) < 4.78 is 10.8. The van der Waals surface area contributed by atoms with E-state index < -0.39 is 13.1 Å². The van der Waals surface area contributed by atoms with Crippen molar-refractivity contribution >= 4 is 24.4 Å². The van der Waals surface area contributed by atoms with Crippen molar-refractivity contribution in [3.8, 4) is 0 Å². The van der Waals surface area contributed by atoms with Crippen LogP contribution >= 0.6 is 7.60 Å². The quantitative estimate of drug-likeness (QED) is 0.565. The summed E-state index contributed by atoms with van der Waals surface area (Å²) in [5.41, 5.74) is -0.377. The van der Waals surface area contributed by atoms with Crippen LogP contribution < -0.4 is 0 Å². The van der Waals surface area contributed by atoms with Gasteiger partial charge < -0.3 is 14.9 Å². The van der Waals surface area contributed by atoms with Crippen LogP contribution in [0.5, 0.6) is 0 Å².